The van der Waals surface area contributed by atoms with Crippen LogP contribution >= 0.6 is 22.6 Å². The highest BCUT2D eigenvalue weighted by atomic mass is 127. The van der Waals surface area contributed by atoms with E-state index in [0.717, 1.165) is 18.2 Å². The van der Waals surface area contributed by atoms with Gasteiger partial charge in [-0.3, -0.25) is 4.55 Å². The van der Waals surface area contributed by atoms with E-state index in [0.29, 0.717) is 0 Å². The molecule has 0 aliphatic carbocycles. The van der Waals surface area contributed by atoms with E-state index in [-0.39, 0.29) is 25.7 Å². The maximum atomic E-state index is 13.6. The second kappa shape index (κ2) is 7.32. The molecule has 10 heteroatoms. The normalized spacial score (nSPS) is 11.1. The van der Waals surface area contributed by atoms with Gasteiger partial charge in [-0.05, 0) is 52.9 Å². The predicted molar refractivity (Wildman–Crippen MR) is 88.2 cm³/mol. The van der Waals surface area contributed by atoms with Crippen molar-refractivity contribution in [3.05, 3.63) is 45.8 Å². The molecule has 128 valence electrons. The number of ether oxygens (including phenoxy) is 2. The number of hydrogen-bond donors (Lipinski definition) is 2. The fraction of sp³-hybridized carbons (Fsp3) is 0.0714. The molecule has 0 fully saturated rings. The molecule has 2 N–H and O–H groups in total. The van der Waals surface area contributed by atoms with Crippen LogP contribution in [0, 0.1) is 9.39 Å². The van der Waals surface area contributed by atoms with Crippen LogP contribution in [0.5, 0.6) is 17.2 Å². The van der Waals surface area contributed by atoms with Crippen molar-refractivity contribution in [1.82, 2.24) is 0 Å². The van der Waals surface area contributed by atoms with Crippen molar-refractivity contribution in [3.63, 3.8) is 0 Å². The number of phenols is 1. The Morgan fingerprint density at radius 3 is 2.38 bits per heavy atom. The smallest absolute Gasteiger partial charge is 0.349 e. The minimum absolute atomic E-state index is 0.153. The van der Waals surface area contributed by atoms with Gasteiger partial charge >= 0.3 is 5.97 Å². The number of carbonyl (C=O) groups is 1. The van der Waals surface area contributed by atoms with E-state index in [9.17, 15) is 22.7 Å². The number of benzene rings is 2. The molecule has 2 aromatic rings. The highest BCUT2D eigenvalue weighted by Gasteiger charge is 2.15. The molecule has 0 saturated heterocycles. The highest BCUT2D eigenvalue weighted by molar-refractivity contribution is 14.1. The topological polar surface area (TPSA) is 110 Å². The Kier molecular flexibility index (Phi) is 5.62. The van der Waals surface area contributed by atoms with Crippen molar-refractivity contribution in [2.24, 2.45) is 0 Å². The zero-order chi connectivity index (χ0) is 17.9. The van der Waals surface area contributed by atoms with Crippen LogP contribution in [0.4, 0.5) is 4.39 Å². The van der Waals surface area contributed by atoms with Gasteiger partial charge in [0.15, 0.2) is 18.2 Å². The predicted octanol–water partition coefficient (Wildman–Crippen LogP) is 2.37. The van der Waals surface area contributed by atoms with Crippen LogP contribution < -0.4 is 9.47 Å². The maximum Gasteiger partial charge on any atom is 0.349 e. The number of hydrogen-bond acceptors (Lipinski definition) is 6. The summed E-state index contributed by atoms with van der Waals surface area (Å²) in [7, 11) is -4.31. The van der Waals surface area contributed by atoms with Crippen LogP contribution in [-0.4, -0.2) is 30.7 Å². The Morgan fingerprint density at radius 2 is 1.83 bits per heavy atom. The molecule has 0 spiro atoms. The third-order valence-electron chi connectivity index (χ3n) is 2.68. The van der Waals surface area contributed by atoms with E-state index in [1.807, 2.05) is 0 Å². The van der Waals surface area contributed by atoms with Crippen molar-refractivity contribution in [1.29, 1.82) is 0 Å². The van der Waals surface area contributed by atoms with Crippen LogP contribution in [0.3, 0.4) is 0 Å². The van der Waals surface area contributed by atoms with Gasteiger partial charge < -0.3 is 14.6 Å². The van der Waals surface area contributed by atoms with Gasteiger partial charge in [0.2, 0.25) is 0 Å². The molecule has 24 heavy (non-hydrogen) atoms. The SMILES string of the molecule is O=C(COc1ccc(S(=O)(=O)O)cc1)Oc1c(F)cc(O)cc1I. The minimum atomic E-state index is -4.31. The quantitative estimate of drug-likeness (QED) is 0.300. The van der Waals surface area contributed by atoms with Crippen LogP contribution in [-0.2, 0) is 14.9 Å². The summed E-state index contributed by atoms with van der Waals surface area (Å²) in [6.07, 6.45) is 0. The second-order valence-electron chi connectivity index (χ2n) is 4.45. The molecule has 2 rings (SSSR count). The Morgan fingerprint density at radius 1 is 1.21 bits per heavy atom. The van der Waals surface area contributed by atoms with Gasteiger partial charge in [-0.25, -0.2) is 9.18 Å². The standard InChI is InChI=1S/C14H10FIO7S/c15-11-5-8(17)6-12(16)14(11)23-13(18)7-22-9-1-3-10(4-2-9)24(19,20)21/h1-6,17H,7H2,(H,19,20,21). The monoisotopic (exact) mass is 468 g/mol. The molecule has 0 heterocycles. The lowest BCUT2D eigenvalue weighted by Crippen LogP contribution is -2.18. The first-order valence-electron chi connectivity index (χ1n) is 6.26. The van der Waals surface area contributed by atoms with E-state index in [2.05, 4.69) is 0 Å². The summed E-state index contributed by atoms with van der Waals surface area (Å²) >= 11 is 1.70. The Hall–Kier alpha value is -1.92. The number of rotatable bonds is 5. The number of halogens is 2. The van der Waals surface area contributed by atoms with Crippen molar-refractivity contribution in [2.75, 3.05) is 6.61 Å². The molecule has 7 nitrogen and oxygen atoms in total. The average Bonchev–Trinajstić information content (AvgIpc) is 2.48. The van der Waals surface area contributed by atoms with Gasteiger partial charge in [-0.2, -0.15) is 8.42 Å². The van der Waals surface area contributed by atoms with Crippen LogP contribution in [0.25, 0.3) is 0 Å². The van der Waals surface area contributed by atoms with Gasteiger partial charge in [0.05, 0.1) is 8.47 Å². The second-order valence-corrected chi connectivity index (χ2v) is 7.03. The van der Waals surface area contributed by atoms with E-state index in [1.165, 1.54) is 18.2 Å². The summed E-state index contributed by atoms with van der Waals surface area (Å²) in [6.45, 7) is -0.554. The van der Waals surface area contributed by atoms with Crippen LogP contribution in [0.2, 0.25) is 0 Å². The van der Waals surface area contributed by atoms with Gasteiger partial charge in [-0.1, -0.05) is 0 Å². The maximum absolute atomic E-state index is 13.6. The lowest BCUT2D eigenvalue weighted by atomic mass is 10.3. The first-order valence-corrected chi connectivity index (χ1v) is 8.78. The minimum Gasteiger partial charge on any atom is -0.508 e. The van der Waals surface area contributed by atoms with Crippen molar-refractivity contribution in [3.8, 4) is 17.2 Å². The van der Waals surface area contributed by atoms with Gasteiger partial charge in [0.1, 0.15) is 11.5 Å². The average molecular weight is 468 g/mol. The summed E-state index contributed by atoms with van der Waals surface area (Å²) < 4.78 is 54.4. The van der Waals surface area contributed by atoms with Crippen molar-refractivity contribution < 1.29 is 36.7 Å². The zero-order valence-corrected chi connectivity index (χ0v) is 14.7. The number of phenolic OH excluding ortho intramolecular Hbond substituents is 1. The number of aromatic hydroxyl groups is 1. The molecule has 0 aliphatic heterocycles. The van der Waals surface area contributed by atoms with E-state index in [4.69, 9.17) is 14.0 Å². The molecule has 0 aliphatic rings. The van der Waals surface area contributed by atoms with E-state index in [1.54, 1.807) is 22.6 Å². The van der Waals surface area contributed by atoms with Gasteiger partial charge in [0, 0.05) is 6.07 Å². The zero-order valence-electron chi connectivity index (χ0n) is 11.8. The summed E-state index contributed by atoms with van der Waals surface area (Å²) in [5, 5.41) is 9.21. The summed E-state index contributed by atoms with van der Waals surface area (Å²) in [5.74, 6) is -2.27. The molecule has 0 atom stereocenters. The fourth-order valence-corrected chi connectivity index (χ4v) is 2.80. The molecular formula is C14H10FIO7S. The van der Waals surface area contributed by atoms with Gasteiger partial charge in [0.25, 0.3) is 10.1 Å². The third-order valence-corrected chi connectivity index (χ3v) is 4.35. The summed E-state index contributed by atoms with van der Waals surface area (Å²) in [4.78, 5) is 11.4. The van der Waals surface area contributed by atoms with E-state index < -0.39 is 28.5 Å². The van der Waals surface area contributed by atoms with Gasteiger partial charge in [-0.15, -0.1) is 0 Å². The lowest BCUT2D eigenvalue weighted by molar-refractivity contribution is -0.136. The summed E-state index contributed by atoms with van der Waals surface area (Å²) in [5.41, 5.74) is 0. The molecule has 2 aromatic carbocycles. The Bertz CT molecular complexity index is 842. The molecular weight excluding hydrogens is 458 g/mol. The van der Waals surface area contributed by atoms with Crippen molar-refractivity contribution >= 4 is 38.7 Å². The fourth-order valence-electron chi connectivity index (χ4n) is 1.64. The Balaban J connectivity index is 1.99. The highest BCUT2D eigenvalue weighted by Crippen LogP contribution is 2.29. The third kappa shape index (κ3) is 4.79. The molecule has 0 unspecified atom stereocenters. The molecule has 0 aromatic heterocycles. The Labute approximate surface area is 149 Å². The first-order chi connectivity index (χ1) is 11.2. The van der Waals surface area contributed by atoms with Crippen molar-refractivity contribution in [2.45, 2.75) is 4.90 Å². The molecule has 0 amide bonds. The summed E-state index contributed by atoms with van der Waals surface area (Å²) in [6, 6.07) is 6.70. The first kappa shape index (κ1) is 18.4. The molecule has 0 radical (unpaired) electrons. The largest absolute Gasteiger partial charge is 0.508 e. The molecule has 0 saturated carbocycles. The van der Waals surface area contributed by atoms with Crippen LogP contribution in [0.1, 0.15) is 0 Å². The lowest BCUT2D eigenvalue weighted by Gasteiger charge is -2.09. The van der Waals surface area contributed by atoms with Crippen LogP contribution in [0.15, 0.2) is 41.3 Å². The van der Waals surface area contributed by atoms with E-state index >= 15 is 0 Å². The number of carbonyl (C=O) groups excluding carboxylic acids is 1. The number of esters is 1. The molecule has 0 bridgehead atoms.